The average molecular weight is 510 g/mol. The lowest BCUT2D eigenvalue weighted by atomic mass is 10.1. The lowest BCUT2D eigenvalue weighted by Crippen LogP contribution is -2.43. The first-order valence-corrected chi connectivity index (χ1v) is 12.7. The summed E-state index contributed by atoms with van der Waals surface area (Å²) in [6.07, 6.45) is 4.14. The Morgan fingerprint density at radius 2 is 1.89 bits per heavy atom. The van der Waals surface area contributed by atoms with E-state index in [2.05, 4.69) is 21.8 Å². The monoisotopic (exact) mass is 509 g/mol. The first-order valence-electron chi connectivity index (χ1n) is 12.7. The number of nitrogens with one attached hydrogen (secondary N) is 1. The standard InChI is InChI=1S/C28H39N5O4/c1-20(30-26(37-29)14-17-32-15-7-6-8-16-32)23-12-13-24(21-10-9-11-22(18-21)36-5)33(27(23)35)19-25(34)31-28(2,3)4/h9-13,18H,1,6-8,14-17,19,29H2,2-5H3,(H,31,34). The minimum atomic E-state index is -0.440. The van der Waals surface area contributed by atoms with Crippen molar-refractivity contribution >= 4 is 17.5 Å². The zero-order valence-corrected chi connectivity index (χ0v) is 22.4. The second-order valence-corrected chi connectivity index (χ2v) is 10.3. The van der Waals surface area contributed by atoms with Gasteiger partial charge < -0.3 is 19.8 Å². The smallest absolute Gasteiger partial charge is 0.260 e. The molecule has 1 aliphatic heterocycles. The molecule has 0 atom stereocenters. The fraction of sp³-hybridized carbons (Fsp3) is 0.464. The molecular formula is C28H39N5O4. The van der Waals surface area contributed by atoms with E-state index >= 15 is 0 Å². The van der Waals surface area contributed by atoms with Crippen LogP contribution in [0.1, 0.15) is 52.0 Å². The molecule has 3 N–H and O–H groups in total. The van der Waals surface area contributed by atoms with Gasteiger partial charge in [0.15, 0.2) is 0 Å². The summed E-state index contributed by atoms with van der Waals surface area (Å²) in [6, 6.07) is 10.8. The molecule has 200 valence electrons. The normalized spacial score (nSPS) is 14.8. The van der Waals surface area contributed by atoms with Crippen LogP contribution in [-0.2, 0) is 16.2 Å². The number of benzene rings is 1. The highest BCUT2D eigenvalue weighted by molar-refractivity contribution is 5.83. The molecule has 1 aliphatic rings. The van der Waals surface area contributed by atoms with E-state index in [0.29, 0.717) is 23.8 Å². The lowest BCUT2D eigenvalue weighted by molar-refractivity contribution is -0.123. The van der Waals surface area contributed by atoms with Crippen molar-refractivity contribution < 1.29 is 14.4 Å². The van der Waals surface area contributed by atoms with Gasteiger partial charge in [0.2, 0.25) is 11.8 Å². The Balaban J connectivity index is 1.94. The Morgan fingerprint density at radius 3 is 2.54 bits per heavy atom. The van der Waals surface area contributed by atoms with Crippen LogP contribution < -0.4 is 21.5 Å². The Bertz CT molecular complexity index is 1190. The number of methoxy groups -OCH3 is 1. The molecule has 2 aromatic rings. The SMILES string of the molecule is C=C(N=C(CCN1CCCCC1)ON)c1ccc(-c2cccc(OC)c2)n(CC(=O)NC(C)(C)C)c1=O. The minimum absolute atomic E-state index is 0.164. The van der Waals surface area contributed by atoms with Gasteiger partial charge in [-0.2, -0.15) is 5.90 Å². The van der Waals surface area contributed by atoms with Crippen LogP contribution in [0.3, 0.4) is 0 Å². The number of carbonyl (C=O) groups is 1. The largest absolute Gasteiger partial charge is 0.497 e. The Morgan fingerprint density at radius 1 is 1.16 bits per heavy atom. The summed E-state index contributed by atoms with van der Waals surface area (Å²) in [6.45, 7) is 12.4. The third-order valence-electron chi connectivity index (χ3n) is 6.15. The van der Waals surface area contributed by atoms with Crippen LogP contribution in [0, 0.1) is 0 Å². The maximum Gasteiger partial charge on any atom is 0.260 e. The van der Waals surface area contributed by atoms with Gasteiger partial charge in [-0.15, -0.1) is 0 Å². The van der Waals surface area contributed by atoms with Crippen LogP contribution in [-0.4, -0.2) is 53.6 Å². The number of pyridine rings is 1. The molecule has 0 radical (unpaired) electrons. The predicted molar refractivity (Wildman–Crippen MR) is 147 cm³/mol. The van der Waals surface area contributed by atoms with Crippen LogP contribution in [0.4, 0.5) is 0 Å². The van der Waals surface area contributed by atoms with E-state index in [1.54, 1.807) is 19.2 Å². The van der Waals surface area contributed by atoms with Crippen LogP contribution >= 0.6 is 0 Å². The first-order chi connectivity index (χ1) is 17.6. The molecule has 9 nitrogen and oxygen atoms in total. The molecule has 1 aromatic heterocycles. The number of aromatic nitrogens is 1. The van der Waals surface area contributed by atoms with E-state index in [4.69, 9.17) is 15.5 Å². The molecule has 1 aromatic carbocycles. The zero-order chi connectivity index (χ0) is 27.0. The number of ether oxygens (including phenoxy) is 1. The quantitative estimate of drug-likeness (QED) is 0.304. The third kappa shape index (κ3) is 8.03. The highest BCUT2D eigenvalue weighted by atomic mass is 16.6. The van der Waals surface area contributed by atoms with Crippen molar-refractivity contribution in [3.63, 3.8) is 0 Å². The fourth-order valence-electron chi connectivity index (χ4n) is 4.38. The number of hydrogen-bond acceptors (Lipinski definition) is 7. The molecule has 1 saturated heterocycles. The van der Waals surface area contributed by atoms with Gasteiger partial charge in [-0.1, -0.05) is 25.1 Å². The molecule has 0 spiro atoms. The maximum atomic E-state index is 13.7. The van der Waals surface area contributed by atoms with E-state index < -0.39 is 5.54 Å². The summed E-state index contributed by atoms with van der Waals surface area (Å²) in [4.78, 5) is 38.3. The van der Waals surface area contributed by atoms with Crippen molar-refractivity contribution in [2.45, 2.75) is 58.5 Å². The van der Waals surface area contributed by atoms with Gasteiger partial charge >= 0.3 is 0 Å². The topological polar surface area (TPSA) is 111 Å². The number of likely N-dealkylation sites (tertiary alicyclic amines) is 1. The maximum absolute atomic E-state index is 13.7. The summed E-state index contributed by atoms with van der Waals surface area (Å²) in [5, 5.41) is 2.92. The number of carbonyl (C=O) groups excluding carboxylic acids is 1. The van der Waals surface area contributed by atoms with Crippen LogP contribution in [0.2, 0.25) is 0 Å². The van der Waals surface area contributed by atoms with Gasteiger partial charge in [0.1, 0.15) is 12.3 Å². The van der Waals surface area contributed by atoms with E-state index in [9.17, 15) is 9.59 Å². The van der Waals surface area contributed by atoms with E-state index in [1.165, 1.54) is 23.8 Å². The summed E-state index contributed by atoms with van der Waals surface area (Å²) < 4.78 is 6.78. The molecule has 37 heavy (non-hydrogen) atoms. The number of rotatable bonds is 9. The number of amides is 1. The summed E-state index contributed by atoms with van der Waals surface area (Å²) in [5.74, 6) is 6.17. The molecule has 0 bridgehead atoms. The van der Waals surface area contributed by atoms with Crippen molar-refractivity contribution in [1.29, 1.82) is 0 Å². The predicted octanol–water partition coefficient (Wildman–Crippen LogP) is 3.57. The van der Waals surface area contributed by atoms with Gasteiger partial charge in [-0.3, -0.25) is 14.2 Å². The van der Waals surface area contributed by atoms with Gasteiger partial charge in [0, 0.05) is 24.1 Å². The van der Waals surface area contributed by atoms with Crippen molar-refractivity contribution in [2.24, 2.45) is 10.9 Å². The van der Waals surface area contributed by atoms with Gasteiger partial charge in [0.05, 0.1) is 24.1 Å². The van der Waals surface area contributed by atoms with Crippen molar-refractivity contribution in [3.8, 4) is 17.0 Å². The molecule has 3 rings (SSSR count). The van der Waals surface area contributed by atoms with Crippen molar-refractivity contribution in [1.82, 2.24) is 14.8 Å². The van der Waals surface area contributed by atoms with Gasteiger partial charge in [0.25, 0.3) is 5.56 Å². The van der Waals surface area contributed by atoms with Crippen LogP contribution in [0.5, 0.6) is 5.75 Å². The second-order valence-electron chi connectivity index (χ2n) is 10.3. The first kappa shape index (κ1) is 28.1. The van der Waals surface area contributed by atoms with E-state index in [1.807, 2.05) is 45.0 Å². The summed E-state index contributed by atoms with van der Waals surface area (Å²) >= 11 is 0. The molecule has 0 unspecified atom stereocenters. The van der Waals surface area contributed by atoms with Crippen LogP contribution in [0.25, 0.3) is 17.0 Å². The van der Waals surface area contributed by atoms with E-state index in [0.717, 1.165) is 25.2 Å². The lowest BCUT2D eigenvalue weighted by Gasteiger charge is -2.26. The fourth-order valence-corrected chi connectivity index (χ4v) is 4.38. The average Bonchev–Trinajstić information content (AvgIpc) is 2.87. The van der Waals surface area contributed by atoms with E-state index in [-0.39, 0.29) is 29.3 Å². The molecule has 0 saturated carbocycles. The molecular weight excluding hydrogens is 470 g/mol. The number of piperidine rings is 1. The number of aliphatic imine (C=N–C) groups is 1. The minimum Gasteiger partial charge on any atom is -0.497 e. The van der Waals surface area contributed by atoms with Gasteiger partial charge in [-0.05, 0) is 71.0 Å². The highest BCUT2D eigenvalue weighted by Crippen LogP contribution is 2.24. The summed E-state index contributed by atoms with van der Waals surface area (Å²) in [5.41, 5.74) is 0.992. The molecule has 2 heterocycles. The number of hydrogen-bond donors (Lipinski definition) is 2. The molecule has 1 amide bonds. The molecule has 0 aliphatic carbocycles. The van der Waals surface area contributed by atoms with Crippen molar-refractivity contribution in [3.05, 3.63) is 58.9 Å². The van der Waals surface area contributed by atoms with Crippen molar-refractivity contribution in [2.75, 3.05) is 26.7 Å². The van der Waals surface area contributed by atoms with Crippen LogP contribution in [0.15, 0.2) is 52.8 Å². The van der Waals surface area contributed by atoms with Gasteiger partial charge in [-0.25, -0.2) is 4.99 Å². The zero-order valence-electron chi connectivity index (χ0n) is 22.4. The number of nitrogens with two attached hydrogens (primary N) is 1. The third-order valence-corrected chi connectivity index (χ3v) is 6.15. The highest BCUT2D eigenvalue weighted by Gasteiger charge is 2.19. The molecule has 9 heteroatoms. The Labute approximate surface area is 218 Å². The number of nitrogens with zero attached hydrogens (tertiary/aromatic N) is 3. The Kier molecular flexibility index (Phi) is 9.66. The Hall–Kier alpha value is -3.43. The second kappa shape index (κ2) is 12.7. The summed E-state index contributed by atoms with van der Waals surface area (Å²) in [7, 11) is 1.58. The molecule has 1 fully saturated rings.